The molecule has 102 valence electrons. The molecule has 7 nitrogen and oxygen atoms in total. The molecule has 1 aromatic carbocycles. The third-order valence-corrected chi connectivity index (χ3v) is 2.01. The van der Waals surface area contributed by atoms with Crippen molar-refractivity contribution >= 4 is 11.6 Å². The van der Waals surface area contributed by atoms with Crippen LogP contribution < -0.4 is 16.9 Å². The SMILES string of the molecule is CCCCc1ccc(N=C(N)N)cc1.[O-][NH+](O)O. The highest BCUT2D eigenvalue weighted by molar-refractivity contribution is 5.78. The number of nitrogens with zero attached hydrogens (tertiary/aromatic N) is 1. The second kappa shape index (κ2) is 9.37. The second-order valence-electron chi connectivity index (χ2n) is 3.59. The summed E-state index contributed by atoms with van der Waals surface area (Å²) < 4.78 is 0. The molecule has 1 aromatic rings. The first-order valence-corrected chi connectivity index (χ1v) is 5.56. The van der Waals surface area contributed by atoms with Gasteiger partial charge in [-0.3, -0.25) is 0 Å². The minimum absolute atomic E-state index is 0.103. The van der Waals surface area contributed by atoms with E-state index < -0.39 is 5.39 Å². The van der Waals surface area contributed by atoms with Crippen molar-refractivity contribution in [3.8, 4) is 0 Å². The number of aliphatic imine (C=N–C) groups is 1. The zero-order valence-electron chi connectivity index (χ0n) is 10.3. The number of quaternary nitrogens is 1. The van der Waals surface area contributed by atoms with Crippen LogP contribution >= 0.6 is 0 Å². The maximum absolute atomic E-state index is 8.56. The highest BCUT2D eigenvalue weighted by atomic mass is 17.0. The Labute approximate surface area is 106 Å². The molecule has 0 bridgehead atoms. The fourth-order valence-corrected chi connectivity index (χ4v) is 1.27. The number of unbranched alkanes of at least 4 members (excludes halogenated alkanes) is 1. The van der Waals surface area contributed by atoms with Crippen molar-refractivity contribution in [2.75, 3.05) is 0 Å². The average molecular weight is 256 g/mol. The molecule has 0 aliphatic heterocycles. The monoisotopic (exact) mass is 256 g/mol. The van der Waals surface area contributed by atoms with E-state index in [1.54, 1.807) is 0 Å². The van der Waals surface area contributed by atoms with Crippen LogP contribution in [0.25, 0.3) is 0 Å². The number of nitrogens with two attached hydrogens (primary N) is 2. The standard InChI is InChI=1S/C11H17N3.H3NO3/c1-2-3-4-9-5-7-10(8-6-9)14-11(12)13;2-1(3)4/h5-8H,2-4H2,1H3,(H4,12,13,14);1-3H. The van der Waals surface area contributed by atoms with Crippen molar-refractivity contribution < 1.29 is 15.8 Å². The van der Waals surface area contributed by atoms with Gasteiger partial charge in [-0.05, 0) is 30.5 Å². The first-order chi connectivity index (χ1) is 8.45. The molecule has 7 N–H and O–H groups in total. The van der Waals surface area contributed by atoms with Crippen LogP contribution in [-0.4, -0.2) is 16.4 Å². The van der Waals surface area contributed by atoms with Gasteiger partial charge in [0.2, 0.25) is 0 Å². The number of guanidine groups is 1. The molecule has 0 saturated heterocycles. The van der Waals surface area contributed by atoms with Gasteiger partial charge in [-0.25, -0.2) is 4.99 Å². The van der Waals surface area contributed by atoms with Gasteiger partial charge in [0.1, 0.15) is 0 Å². The van der Waals surface area contributed by atoms with E-state index in [1.165, 1.54) is 18.4 Å². The lowest BCUT2D eigenvalue weighted by Crippen LogP contribution is -3.01. The highest BCUT2D eigenvalue weighted by Gasteiger charge is 1.93. The summed E-state index contributed by atoms with van der Waals surface area (Å²) in [5.41, 5.74) is 12.7. The Morgan fingerprint density at radius 2 is 1.78 bits per heavy atom. The van der Waals surface area contributed by atoms with Gasteiger partial charge in [-0.2, -0.15) is 10.4 Å². The Balaban J connectivity index is 0.000000631. The molecule has 0 fully saturated rings. The van der Waals surface area contributed by atoms with Gasteiger partial charge >= 0.3 is 0 Å². The molecule has 0 aliphatic rings. The molecule has 0 aliphatic carbocycles. The average Bonchev–Trinajstić information content (AvgIpc) is 2.27. The summed E-state index contributed by atoms with van der Waals surface area (Å²) in [6, 6.07) is 8.00. The van der Waals surface area contributed by atoms with Crippen molar-refractivity contribution in [2.45, 2.75) is 26.2 Å². The maximum atomic E-state index is 8.56. The predicted molar refractivity (Wildman–Crippen MR) is 68.4 cm³/mol. The predicted octanol–water partition coefficient (Wildman–Crippen LogP) is 0.0816. The smallest absolute Gasteiger partial charge is 0.191 e. The van der Waals surface area contributed by atoms with Gasteiger partial charge < -0.3 is 16.7 Å². The van der Waals surface area contributed by atoms with Crippen LogP contribution in [0.2, 0.25) is 0 Å². The summed E-state index contributed by atoms with van der Waals surface area (Å²) >= 11 is 0. The fourth-order valence-electron chi connectivity index (χ4n) is 1.27. The normalized spacial score (nSPS) is 9.61. The molecule has 0 saturated carbocycles. The van der Waals surface area contributed by atoms with Crippen LogP contribution in [0.3, 0.4) is 0 Å². The van der Waals surface area contributed by atoms with Crippen molar-refractivity contribution in [3.05, 3.63) is 35.0 Å². The van der Waals surface area contributed by atoms with Crippen LogP contribution in [-0.2, 0) is 6.42 Å². The molecule has 0 radical (unpaired) electrons. The van der Waals surface area contributed by atoms with Crippen LogP contribution in [0.4, 0.5) is 5.69 Å². The summed E-state index contributed by atoms with van der Waals surface area (Å²) in [6.07, 6.45) is 3.57. The lowest BCUT2D eigenvalue weighted by Gasteiger charge is -2.00. The van der Waals surface area contributed by atoms with Crippen molar-refractivity contribution in [2.24, 2.45) is 16.5 Å². The first-order valence-electron chi connectivity index (χ1n) is 5.56. The summed E-state index contributed by atoms with van der Waals surface area (Å²) in [5.74, 6) is 0.103. The Bertz CT molecular complexity index is 345. The number of aryl methyl sites for hydroxylation is 1. The summed E-state index contributed by atoms with van der Waals surface area (Å²) in [4.78, 5) is 3.95. The number of benzene rings is 1. The van der Waals surface area contributed by atoms with Crippen LogP contribution in [0, 0.1) is 5.21 Å². The van der Waals surface area contributed by atoms with Crippen LogP contribution in [0.15, 0.2) is 29.3 Å². The topological polar surface area (TPSA) is 132 Å². The van der Waals surface area contributed by atoms with Gasteiger partial charge in [-0.15, -0.1) is 0 Å². The van der Waals surface area contributed by atoms with E-state index in [0.717, 1.165) is 12.1 Å². The Morgan fingerprint density at radius 1 is 1.28 bits per heavy atom. The zero-order valence-corrected chi connectivity index (χ0v) is 10.3. The molecule has 0 aromatic heterocycles. The van der Waals surface area contributed by atoms with E-state index in [4.69, 9.17) is 27.1 Å². The fraction of sp³-hybridized carbons (Fsp3) is 0.364. The molecular formula is C11H20N4O3. The van der Waals surface area contributed by atoms with E-state index in [1.807, 2.05) is 12.1 Å². The minimum Gasteiger partial charge on any atom is -0.566 e. The van der Waals surface area contributed by atoms with Crippen molar-refractivity contribution in [3.63, 3.8) is 0 Å². The molecule has 0 atom stereocenters. The Kier molecular flexibility index (Phi) is 8.50. The number of nitrogens with one attached hydrogen (secondary N) is 1. The highest BCUT2D eigenvalue weighted by Crippen LogP contribution is 2.13. The number of rotatable bonds is 4. The quantitative estimate of drug-likeness (QED) is 0.295. The minimum atomic E-state index is -1.83. The first kappa shape index (κ1) is 16.3. The Hall–Kier alpha value is -1.67. The largest absolute Gasteiger partial charge is 0.566 e. The van der Waals surface area contributed by atoms with Crippen molar-refractivity contribution in [1.82, 2.24) is 0 Å². The summed E-state index contributed by atoms with van der Waals surface area (Å²) in [5, 5.41) is 20.7. The second-order valence-corrected chi connectivity index (χ2v) is 3.59. The molecule has 7 heteroatoms. The van der Waals surface area contributed by atoms with Gasteiger partial charge in [0.25, 0.3) is 0 Å². The van der Waals surface area contributed by atoms with E-state index in [-0.39, 0.29) is 5.96 Å². The molecular weight excluding hydrogens is 236 g/mol. The summed E-state index contributed by atoms with van der Waals surface area (Å²) in [7, 11) is 0. The third-order valence-electron chi connectivity index (χ3n) is 2.01. The molecule has 0 unspecified atom stereocenters. The molecule has 1 rings (SSSR count). The molecule has 0 spiro atoms. The van der Waals surface area contributed by atoms with E-state index >= 15 is 0 Å². The van der Waals surface area contributed by atoms with Gasteiger partial charge in [0.15, 0.2) is 5.96 Å². The number of hydrogen-bond donors (Lipinski definition) is 5. The van der Waals surface area contributed by atoms with Crippen molar-refractivity contribution in [1.29, 1.82) is 0 Å². The Morgan fingerprint density at radius 3 is 2.17 bits per heavy atom. The summed E-state index contributed by atoms with van der Waals surface area (Å²) in [6.45, 7) is 2.19. The maximum Gasteiger partial charge on any atom is 0.191 e. The number of hydrogen-bond acceptors (Lipinski definition) is 4. The van der Waals surface area contributed by atoms with Gasteiger partial charge in [0, 0.05) is 0 Å². The van der Waals surface area contributed by atoms with Gasteiger partial charge in [-0.1, -0.05) is 30.9 Å². The third kappa shape index (κ3) is 9.55. The lowest BCUT2D eigenvalue weighted by molar-refractivity contribution is -1.20. The van der Waals surface area contributed by atoms with Crippen LogP contribution in [0.1, 0.15) is 25.3 Å². The zero-order chi connectivity index (χ0) is 14.0. The van der Waals surface area contributed by atoms with E-state index in [9.17, 15) is 0 Å². The molecule has 18 heavy (non-hydrogen) atoms. The van der Waals surface area contributed by atoms with E-state index in [2.05, 4.69) is 24.0 Å². The van der Waals surface area contributed by atoms with Gasteiger partial charge in [0.05, 0.1) is 5.69 Å². The molecule has 0 amide bonds. The molecule has 0 heterocycles. The van der Waals surface area contributed by atoms with E-state index in [0.29, 0.717) is 0 Å². The lowest BCUT2D eigenvalue weighted by atomic mass is 10.1. The van der Waals surface area contributed by atoms with Crippen LogP contribution in [0.5, 0.6) is 0 Å².